The van der Waals surface area contributed by atoms with Crippen molar-refractivity contribution in [1.82, 2.24) is 0 Å². The van der Waals surface area contributed by atoms with Crippen LogP contribution in [0.4, 0.5) is 17.6 Å². The molecule has 3 aromatic rings. The highest BCUT2D eigenvalue weighted by Gasteiger charge is 2.35. The molecule has 37 heavy (non-hydrogen) atoms. The summed E-state index contributed by atoms with van der Waals surface area (Å²) in [6, 6.07) is 5.07. The Morgan fingerprint density at radius 3 is 1.49 bits per heavy atom. The molecule has 0 fully saturated rings. The Kier molecular flexibility index (Phi) is 10.3. The van der Waals surface area contributed by atoms with Crippen LogP contribution >= 0.6 is 113 Å². The summed E-state index contributed by atoms with van der Waals surface area (Å²) in [5, 5.41) is 0. The van der Waals surface area contributed by atoms with E-state index >= 15 is 0 Å². The van der Waals surface area contributed by atoms with E-state index in [0.717, 1.165) is 15.7 Å². The molecule has 0 heterocycles. The second-order valence-electron chi connectivity index (χ2n) is 6.67. The van der Waals surface area contributed by atoms with Gasteiger partial charge in [-0.2, -0.15) is 8.42 Å². The summed E-state index contributed by atoms with van der Waals surface area (Å²) >= 11 is 8.59. The highest BCUT2D eigenvalue weighted by Crippen LogP contribution is 2.33. The second-order valence-corrected chi connectivity index (χ2v) is 13.9. The minimum atomic E-state index is -4.66. The molecular formula is C20H5F4I5O7S. The van der Waals surface area contributed by atoms with E-state index in [4.69, 9.17) is 9.47 Å². The first kappa shape index (κ1) is 31.4. The molecule has 0 saturated heterocycles. The number of rotatable bonds is 5. The normalized spacial score (nSPS) is 11.4. The Labute approximate surface area is 273 Å². The lowest BCUT2D eigenvalue weighted by atomic mass is 10.0. The third-order valence-electron chi connectivity index (χ3n) is 4.27. The van der Waals surface area contributed by atoms with Gasteiger partial charge >= 0.3 is 11.9 Å². The van der Waals surface area contributed by atoms with Gasteiger partial charge < -0.3 is 9.47 Å². The van der Waals surface area contributed by atoms with Gasteiger partial charge in [-0.05, 0) is 137 Å². The van der Waals surface area contributed by atoms with Gasteiger partial charge in [0.15, 0.2) is 29.0 Å². The van der Waals surface area contributed by atoms with Crippen molar-refractivity contribution < 1.29 is 49.6 Å². The van der Waals surface area contributed by atoms with E-state index in [1.165, 1.54) is 45.2 Å². The molecule has 0 saturated carbocycles. The molecule has 0 aromatic heterocycles. The number of halogens is 9. The fraction of sp³-hybridized carbons (Fsp3) is 0. The topological polar surface area (TPSA) is 107 Å². The molecule has 0 radical (unpaired) electrons. The van der Waals surface area contributed by atoms with Crippen molar-refractivity contribution in [2.45, 2.75) is 4.90 Å². The number of ether oxygens (including phenoxy) is 2. The SMILES string of the molecule is O=C(Oc1cc(I)c(S(=O)(=O)O)c(I)c1)c1c(F)c(F)c(F)c(F)c1C(=O)Oc1c(I)cc(I)cc1I. The first-order valence-electron chi connectivity index (χ1n) is 8.96. The number of benzene rings is 3. The largest absolute Gasteiger partial charge is 0.423 e. The Morgan fingerprint density at radius 1 is 0.676 bits per heavy atom. The van der Waals surface area contributed by atoms with Gasteiger partial charge in [-0.1, -0.05) is 0 Å². The smallest absolute Gasteiger partial charge is 0.347 e. The van der Waals surface area contributed by atoms with Crippen LogP contribution in [0.15, 0.2) is 29.2 Å². The number of carbonyl (C=O) groups excluding carboxylic acids is 2. The molecule has 3 aromatic carbocycles. The predicted octanol–water partition coefficient (Wildman–Crippen LogP) is 6.95. The molecule has 0 spiro atoms. The molecule has 3 rings (SSSR count). The minimum Gasteiger partial charge on any atom is -0.423 e. The molecule has 17 heteroatoms. The molecule has 0 amide bonds. The van der Waals surface area contributed by atoms with Crippen molar-refractivity contribution in [2.75, 3.05) is 0 Å². The fourth-order valence-corrected chi connectivity index (χ4v) is 10.6. The average Bonchev–Trinajstić information content (AvgIpc) is 2.75. The monoisotopic (exact) mass is 1100 g/mol. The highest BCUT2D eigenvalue weighted by molar-refractivity contribution is 14.1. The van der Waals surface area contributed by atoms with Gasteiger partial charge in [0, 0.05) is 10.7 Å². The van der Waals surface area contributed by atoms with Crippen LogP contribution in [-0.4, -0.2) is 24.9 Å². The second kappa shape index (κ2) is 12.2. The lowest BCUT2D eigenvalue weighted by molar-refractivity contribution is 0.0678. The quantitative estimate of drug-likeness (QED) is 0.0561. The molecule has 0 aliphatic rings. The fourth-order valence-electron chi connectivity index (χ4n) is 2.79. The van der Waals surface area contributed by atoms with Crippen molar-refractivity contribution in [1.29, 1.82) is 0 Å². The average molecular weight is 1100 g/mol. The van der Waals surface area contributed by atoms with Crippen LogP contribution in [0.5, 0.6) is 11.5 Å². The first-order valence-corrected chi connectivity index (χ1v) is 15.8. The van der Waals surface area contributed by atoms with Crippen molar-refractivity contribution in [3.63, 3.8) is 0 Å². The van der Waals surface area contributed by atoms with Gasteiger partial charge in [0.25, 0.3) is 10.1 Å². The van der Waals surface area contributed by atoms with Crippen molar-refractivity contribution >= 4 is 135 Å². The van der Waals surface area contributed by atoms with Gasteiger partial charge in [-0.25, -0.2) is 27.2 Å². The van der Waals surface area contributed by atoms with Gasteiger partial charge in [-0.3, -0.25) is 4.55 Å². The summed E-state index contributed by atoms with van der Waals surface area (Å²) in [6.45, 7) is 0. The van der Waals surface area contributed by atoms with Gasteiger partial charge in [-0.15, -0.1) is 0 Å². The van der Waals surface area contributed by atoms with Crippen LogP contribution < -0.4 is 9.47 Å². The van der Waals surface area contributed by atoms with Crippen LogP contribution in [0.1, 0.15) is 20.7 Å². The van der Waals surface area contributed by atoms with Crippen LogP contribution in [0.3, 0.4) is 0 Å². The summed E-state index contributed by atoms with van der Waals surface area (Å²) < 4.78 is 101. The summed E-state index contributed by atoms with van der Waals surface area (Å²) in [5.74, 6) is -13.2. The maximum atomic E-state index is 14.7. The summed E-state index contributed by atoms with van der Waals surface area (Å²) in [5.41, 5.74) is -3.13. The third-order valence-corrected chi connectivity index (χ3v) is 9.89. The van der Waals surface area contributed by atoms with E-state index < -0.39 is 67.1 Å². The van der Waals surface area contributed by atoms with Crippen LogP contribution in [0, 0.1) is 41.1 Å². The Bertz CT molecular complexity index is 1550. The van der Waals surface area contributed by atoms with Crippen molar-refractivity contribution in [3.05, 3.63) is 76.5 Å². The molecular weight excluding hydrogens is 1090 g/mol. The van der Waals surface area contributed by atoms with Crippen LogP contribution in [-0.2, 0) is 10.1 Å². The van der Waals surface area contributed by atoms with Crippen LogP contribution in [0.2, 0.25) is 0 Å². The third kappa shape index (κ3) is 6.79. The predicted molar refractivity (Wildman–Crippen MR) is 162 cm³/mol. The van der Waals surface area contributed by atoms with Crippen LogP contribution in [0.25, 0.3) is 0 Å². The molecule has 0 unspecified atom stereocenters. The maximum absolute atomic E-state index is 14.7. The summed E-state index contributed by atoms with van der Waals surface area (Å²) in [4.78, 5) is 25.1. The molecule has 0 bridgehead atoms. The highest BCUT2D eigenvalue weighted by atomic mass is 127. The Morgan fingerprint density at radius 2 is 1.08 bits per heavy atom. The maximum Gasteiger partial charge on any atom is 0.347 e. The molecule has 7 nitrogen and oxygen atoms in total. The lowest BCUT2D eigenvalue weighted by Gasteiger charge is -2.15. The molecule has 0 aliphatic heterocycles. The first-order chi connectivity index (χ1) is 17.0. The van der Waals surface area contributed by atoms with E-state index in [-0.39, 0.29) is 12.9 Å². The number of carbonyl (C=O) groups is 2. The van der Waals surface area contributed by atoms with Gasteiger partial charge in [0.2, 0.25) is 0 Å². The van der Waals surface area contributed by atoms with E-state index in [1.54, 1.807) is 57.3 Å². The molecule has 0 atom stereocenters. The zero-order chi connectivity index (χ0) is 28.0. The number of hydrogen-bond acceptors (Lipinski definition) is 6. The summed E-state index contributed by atoms with van der Waals surface area (Å²) in [6.07, 6.45) is 0. The van der Waals surface area contributed by atoms with Gasteiger partial charge in [0.05, 0.1) is 7.14 Å². The number of esters is 2. The van der Waals surface area contributed by atoms with E-state index in [2.05, 4.69) is 0 Å². The van der Waals surface area contributed by atoms with Crippen molar-refractivity contribution in [3.8, 4) is 11.5 Å². The zero-order valence-electron chi connectivity index (χ0n) is 17.0. The molecule has 0 aliphatic carbocycles. The standard InChI is InChI=1S/C20H5F4I5O7S/c21-13-11(19(30)35-6-3-9(28)18(10(29)4-6)37(32,33)34)12(14(22)16(24)15(13)23)20(31)36-17-7(26)1-5(25)2-8(17)27/h1-4H,(H,32,33,34). The van der Waals surface area contributed by atoms with E-state index in [1.807, 2.05) is 22.6 Å². The van der Waals surface area contributed by atoms with E-state index in [0.29, 0.717) is 7.14 Å². The molecule has 196 valence electrons. The zero-order valence-corrected chi connectivity index (χ0v) is 28.6. The minimum absolute atomic E-state index is 0.0969. The lowest BCUT2D eigenvalue weighted by Crippen LogP contribution is -2.24. The molecule has 1 N–H and O–H groups in total. The Hall–Kier alpha value is -0.120. The van der Waals surface area contributed by atoms with E-state index in [9.17, 15) is 40.1 Å². The van der Waals surface area contributed by atoms with Crippen molar-refractivity contribution in [2.24, 2.45) is 0 Å². The Balaban J connectivity index is 2.12. The van der Waals surface area contributed by atoms with Gasteiger partial charge in [0.1, 0.15) is 21.8 Å². The summed E-state index contributed by atoms with van der Waals surface area (Å²) in [7, 11) is -4.66. The number of hydrogen-bond donors (Lipinski definition) is 1.